The van der Waals surface area contributed by atoms with Gasteiger partial charge in [-0.05, 0) is 25.7 Å². The first-order valence-electron chi connectivity index (χ1n) is 6.70. The highest BCUT2D eigenvalue weighted by atomic mass is 16.5. The Morgan fingerprint density at radius 3 is 2.25 bits per heavy atom. The standard InChI is InChI=1S/C14H24O2/c15-14-12-10-8-6-4-2-1-3-5-7-9-11-13-16-14/h6,8H,1-5,7,9-13H2/b8-6-. The van der Waals surface area contributed by atoms with Crippen LogP contribution in [0.25, 0.3) is 0 Å². The minimum absolute atomic E-state index is 0.0421. The van der Waals surface area contributed by atoms with E-state index in [1.165, 1.54) is 38.5 Å². The van der Waals surface area contributed by atoms with Crippen molar-refractivity contribution in [3.8, 4) is 0 Å². The molecule has 0 aromatic rings. The van der Waals surface area contributed by atoms with Crippen LogP contribution in [0, 0.1) is 0 Å². The number of cyclic esters (lactones) is 1. The van der Waals surface area contributed by atoms with Crippen LogP contribution < -0.4 is 0 Å². The number of carbonyl (C=O) groups is 1. The number of rotatable bonds is 0. The molecule has 2 heteroatoms. The van der Waals surface area contributed by atoms with Crippen LogP contribution in [-0.4, -0.2) is 12.6 Å². The quantitative estimate of drug-likeness (QED) is 0.459. The Hall–Kier alpha value is -0.790. The lowest BCUT2D eigenvalue weighted by Crippen LogP contribution is -2.05. The molecule has 0 aliphatic carbocycles. The van der Waals surface area contributed by atoms with E-state index in [0.29, 0.717) is 13.0 Å². The second-order valence-electron chi connectivity index (χ2n) is 4.49. The Kier molecular flexibility index (Phi) is 7.83. The maximum absolute atomic E-state index is 11.3. The molecular weight excluding hydrogens is 200 g/mol. The summed E-state index contributed by atoms with van der Waals surface area (Å²) >= 11 is 0. The van der Waals surface area contributed by atoms with Crippen molar-refractivity contribution in [3.05, 3.63) is 12.2 Å². The zero-order valence-electron chi connectivity index (χ0n) is 10.2. The maximum atomic E-state index is 11.3. The van der Waals surface area contributed by atoms with Crippen LogP contribution in [0.2, 0.25) is 0 Å². The molecule has 2 nitrogen and oxygen atoms in total. The number of allylic oxidation sites excluding steroid dienone is 2. The fourth-order valence-corrected chi connectivity index (χ4v) is 1.94. The minimum atomic E-state index is -0.0421. The molecule has 92 valence electrons. The lowest BCUT2D eigenvalue weighted by atomic mass is 10.1. The summed E-state index contributed by atoms with van der Waals surface area (Å²) in [7, 11) is 0. The number of ether oxygens (including phenoxy) is 1. The summed E-state index contributed by atoms with van der Waals surface area (Å²) < 4.78 is 5.15. The highest BCUT2D eigenvalue weighted by Gasteiger charge is 2.01. The van der Waals surface area contributed by atoms with Gasteiger partial charge in [0.1, 0.15) is 0 Å². The Morgan fingerprint density at radius 1 is 0.812 bits per heavy atom. The van der Waals surface area contributed by atoms with Crippen molar-refractivity contribution < 1.29 is 9.53 Å². The molecule has 1 aliphatic rings. The summed E-state index contributed by atoms with van der Waals surface area (Å²) in [4.78, 5) is 11.3. The van der Waals surface area contributed by atoms with E-state index in [4.69, 9.17) is 4.74 Å². The fourth-order valence-electron chi connectivity index (χ4n) is 1.94. The molecule has 0 aromatic carbocycles. The van der Waals surface area contributed by atoms with E-state index in [1.54, 1.807) is 0 Å². The van der Waals surface area contributed by atoms with Crippen LogP contribution in [-0.2, 0) is 9.53 Å². The molecule has 0 saturated carbocycles. The van der Waals surface area contributed by atoms with Gasteiger partial charge in [-0.2, -0.15) is 0 Å². The van der Waals surface area contributed by atoms with Crippen LogP contribution in [0.4, 0.5) is 0 Å². The van der Waals surface area contributed by atoms with Crippen molar-refractivity contribution in [1.82, 2.24) is 0 Å². The largest absolute Gasteiger partial charge is 0.466 e. The van der Waals surface area contributed by atoms with Gasteiger partial charge in [-0.15, -0.1) is 0 Å². The molecule has 0 saturated heterocycles. The summed E-state index contributed by atoms with van der Waals surface area (Å²) in [6.07, 6.45) is 15.7. The van der Waals surface area contributed by atoms with Crippen molar-refractivity contribution in [2.45, 2.75) is 64.2 Å². The van der Waals surface area contributed by atoms with Gasteiger partial charge in [0.15, 0.2) is 0 Å². The van der Waals surface area contributed by atoms with Crippen molar-refractivity contribution in [2.75, 3.05) is 6.61 Å². The molecule has 1 aliphatic heterocycles. The first kappa shape index (κ1) is 13.3. The Labute approximate surface area is 99.1 Å². The van der Waals surface area contributed by atoms with E-state index < -0.39 is 0 Å². The Morgan fingerprint density at radius 2 is 1.44 bits per heavy atom. The van der Waals surface area contributed by atoms with E-state index in [1.807, 2.05) is 0 Å². The lowest BCUT2D eigenvalue weighted by molar-refractivity contribution is -0.143. The van der Waals surface area contributed by atoms with Crippen LogP contribution in [0.15, 0.2) is 12.2 Å². The van der Waals surface area contributed by atoms with Crippen LogP contribution in [0.3, 0.4) is 0 Å². The number of esters is 1. The van der Waals surface area contributed by atoms with Gasteiger partial charge in [0, 0.05) is 6.42 Å². The summed E-state index contributed by atoms with van der Waals surface area (Å²) in [5.74, 6) is -0.0421. The zero-order valence-corrected chi connectivity index (χ0v) is 10.2. The second kappa shape index (κ2) is 9.44. The van der Waals surface area contributed by atoms with Gasteiger partial charge in [-0.1, -0.05) is 44.3 Å². The number of hydrogen-bond donors (Lipinski definition) is 0. The average Bonchev–Trinajstić information content (AvgIpc) is 2.29. The smallest absolute Gasteiger partial charge is 0.306 e. The van der Waals surface area contributed by atoms with Crippen LogP contribution in [0.1, 0.15) is 64.2 Å². The monoisotopic (exact) mass is 224 g/mol. The van der Waals surface area contributed by atoms with Gasteiger partial charge in [0.2, 0.25) is 0 Å². The summed E-state index contributed by atoms with van der Waals surface area (Å²) in [5, 5.41) is 0. The Bertz CT molecular complexity index is 209. The molecule has 0 N–H and O–H groups in total. The molecule has 0 unspecified atom stereocenters. The third-order valence-corrected chi connectivity index (χ3v) is 2.96. The third-order valence-electron chi connectivity index (χ3n) is 2.96. The first-order valence-corrected chi connectivity index (χ1v) is 6.70. The lowest BCUT2D eigenvalue weighted by Gasteiger charge is -2.03. The average molecular weight is 224 g/mol. The van der Waals surface area contributed by atoms with E-state index in [0.717, 1.165) is 19.3 Å². The Balaban J connectivity index is 2.20. The van der Waals surface area contributed by atoms with Crippen molar-refractivity contribution in [1.29, 1.82) is 0 Å². The highest BCUT2D eigenvalue weighted by Crippen LogP contribution is 2.10. The number of hydrogen-bond acceptors (Lipinski definition) is 2. The molecule has 0 spiro atoms. The zero-order chi connectivity index (χ0) is 11.5. The van der Waals surface area contributed by atoms with Gasteiger partial charge in [-0.25, -0.2) is 0 Å². The predicted molar refractivity (Wildman–Crippen MR) is 66.3 cm³/mol. The highest BCUT2D eigenvalue weighted by molar-refractivity contribution is 5.69. The second-order valence-corrected chi connectivity index (χ2v) is 4.49. The van der Waals surface area contributed by atoms with E-state index in [-0.39, 0.29) is 5.97 Å². The molecular formula is C14H24O2. The van der Waals surface area contributed by atoms with E-state index in [9.17, 15) is 4.79 Å². The molecule has 1 rings (SSSR count). The molecule has 0 fully saturated rings. The molecule has 0 bridgehead atoms. The van der Waals surface area contributed by atoms with Crippen LogP contribution in [0.5, 0.6) is 0 Å². The topological polar surface area (TPSA) is 26.3 Å². The molecule has 0 radical (unpaired) electrons. The van der Waals surface area contributed by atoms with Crippen molar-refractivity contribution in [2.24, 2.45) is 0 Å². The first-order chi connectivity index (χ1) is 7.89. The fraction of sp³-hybridized carbons (Fsp3) is 0.786. The number of carbonyl (C=O) groups excluding carboxylic acids is 1. The maximum Gasteiger partial charge on any atom is 0.306 e. The van der Waals surface area contributed by atoms with Gasteiger partial charge in [-0.3, -0.25) is 4.79 Å². The molecule has 0 aromatic heterocycles. The SMILES string of the molecule is O=C1CC/C=C\CCCCCCCCCO1. The molecule has 16 heavy (non-hydrogen) atoms. The van der Waals surface area contributed by atoms with Gasteiger partial charge in [0.25, 0.3) is 0 Å². The van der Waals surface area contributed by atoms with Gasteiger partial charge >= 0.3 is 5.97 Å². The summed E-state index contributed by atoms with van der Waals surface area (Å²) in [6.45, 7) is 0.614. The van der Waals surface area contributed by atoms with E-state index in [2.05, 4.69) is 12.2 Å². The van der Waals surface area contributed by atoms with Gasteiger partial charge < -0.3 is 4.74 Å². The molecule has 0 amide bonds. The van der Waals surface area contributed by atoms with E-state index >= 15 is 0 Å². The van der Waals surface area contributed by atoms with Crippen molar-refractivity contribution >= 4 is 5.97 Å². The summed E-state index contributed by atoms with van der Waals surface area (Å²) in [6, 6.07) is 0. The summed E-state index contributed by atoms with van der Waals surface area (Å²) in [5.41, 5.74) is 0. The minimum Gasteiger partial charge on any atom is -0.466 e. The molecule has 1 heterocycles. The van der Waals surface area contributed by atoms with Crippen molar-refractivity contribution in [3.63, 3.8) is 0 Å². The normalized spacial score (nSPS) is 23.9. The van der Waals surface area contributed by atoms with Crippen LogP contribution >= 0.6 is 0 Å². The predicted octanol–water partition coefficient (Wildman–Crippen LogP) is 4.00. The molecule has 0 atom stereocenters. The van der Waals surface area contributed by atoms with Gasteiger partial charge in [0.05, 0.1) is 6.61 Å². The third kappa shape index (κ3) is 7.49.